The summed E-state index contributed by atoms with van der Waals surface area (Å²) in [7, 11) is 3.92. The molecule has 4 nitrogen and oxygen atoms in total. The second kappa shape index (κ2) is 8.53. The number of allylic oxidation sites excluding steroid dienone is 3. The van der Waals surface area contributed by atoms with Crippen LogP contribution in [0.1, 0.15) is 45.4 Å². The van der Waals surface area contributed by atoms with Gasteiger partial charge in [-0.3, -0.25) is 4.79 Å². The molecule has 2 rings (SSSR count). The molecule has 1 fully saturated rings. The van der Waals surface area contributed by atoms with Crippen molar-refractivity contribution in [3.63, 3.8) is 0 Å². The number of hydrogen-bond acceptors (Lipinski definition) is 3. The topological polar surface area (TPSA) is 32.8 Å². The number of ether oxygens (including phenoxy) is 1. The van der Waals surface area contributed by atoms with Crippen molar-refractivity contribution < 1.29 is 9.53 Å². The van der Waals surface area contributed by atoms with Gasteiger partial charge in [0.25, 0.3) is 0 Å². The molecule has 0 radical (unpaired) electrons. The fraction of sp³-hybridized carbons (Fsp3) is 0.737. The quantitative estimate of drug-likeness (QED) is 0.675. The lowest BCUT2D eigenvalue weighted by atomic mass is 9.77. The Morgan fingerprint density at radius 2 is 2.04 bits per heavy atom. The average Bonchev–Trinajstić information content (AvgIpc) is 2.79. The van der Waals surface area contributed by atoms with Crippen LogP contribution in [0.15, 0.2) is 23.5 Å². The highest BCUT2D eigenvalue weighted by molar-refractivity contribution is 5.48. The first-order chi connectivity index (χ1) is 11.0. The smallest absolute Gasteiger partial charge is 0.209 e. The van der Waals surface area contributed by atoms with Gasteiger partial charge in [-0.2, -0.15) is 0 Å². The van der Waals surface area contributed by atoms with Crippen molar-refractivity contribution in [1.29, 1.82) is 0 Å². The van der Waals surface area contributed by atoms with Crippen LogP contribution in [0.5, 0.6) is 0 Å². The van der Waals surface area contributed by atoms with Gasteiger partial charge in [-0.25, -0.2) is 0 Å². The molecular weight excluding hydrogens is 288 g/mol. The van der Waals surface area contributed by atoms with Crippen LogP contribution in [0.3, 0.4) is 0 Å². The molecule has 0 spiro atoms. The van der Waals surface area contributed by atoms with Crippen LogP contribution in [0.25, 0.3) is 0 Å². The van der Waals surface area contributed by atoms with Crippen LogP contribution in [-0.2, 0) is 9.53 Å². The Balaban J connectivity index is 1.84. The van der Waals surface area contributed by atoms with Gasteiger partial charge in [0.15, 0.2) is 0 Å². The molecule has 0 bridgehead atoms. The minimum Gasteiger partial charge on any atom is -0.501 e. The molecule has 0 saturated carbocycles. The normalized spacial score (nSPS) is 21.9. The average molecular weight is 320 g/mol. The third-order valence-corrected chi connectivity index (χ3v) is 5.44. The van der Waals surface area contributed by atoms with Gasteiger partial charge in [0, 0.05) is 19.5 Å². The minimum atomic E-state index is 0.384. The summed E-state index contributed by atoms with van der Waals surface area (Å²) in [6.45, 7) is 6.34. The van der Waals surface area contributed by atoms with Crippen molar-refractivity contribution in [3.05, 3.63) is 23.5 Å². The first-order valence-electron chi connectivity index (χ1n) is 8.85. The van der Waals surface area contributed by atoms with E-state index in [1.165, 1.54) is 31.5 Å². The number of nitrogens with zero attached hydrogens (tertiary/aromatic N) is 2. The molecule has 1 amide bonds. The Morgan fingerprint density at radius 3 is 2.70 bits per heavy atom. The number of amides is 1. The van der Waals surface area contributed by atoms with E-state index in [4.69, 9.17) is 4.74 Å². The Labute approximate surface area is 141 Å². The second-order valence-electron chi connectivity index (χ2n) is 7.46. The molecule has 1 saturated heterocycles. The summed E-state index contributed by atoms with van der Waals surface area (Å²) in [5.74, 6) is 1.04. The largest absolute Gasteiger partial charge is 0.501 e. The molecule has 130 valence electrons. The van der Waals surface area contributed by atoms with Crippen LogP contribution in [-0.4, -0.2) is 56.5 Å². The fourth-order valence-corrected chi connectivity index (χ4v) is 3.42. The van der Waals surface area contributed by atoms with Gasteiger partial charge < -0.3 is 14.5 Å². The van der Waals surface area contributed by atoms with Crippen LogP contribution in [0.2, 0.25) is 0 Å². The van der Waals surface area contributed by atoms with E-state index in [0.29, 0.717) is 5.41 Å². The van der Waals surface area contributed by atoms with Crippen molar-refractivity contribution in [3.8, 4) is 0 Å². The second-order valence-corrected chi connectivity index (χ2v) is 7.46. The zero-order chi connectivity index (χ0) is 16.7. The van der Waals surface area contributed by atoms with Gasteiger partial charge in [0.1, 0.15) is 0 Å². The number of likely N-dealkylation sites (tertiary alicyclic amines) is 1. The number of carbonyl (C=O) groups is 1. The van der Waals surface area contributed by atoms with E-state index < -0.39 is 0 Å². The van der Waals surface area contributed by atoms with Crippen molar-refractivity contribution >= 4 is 6.41 Å². The first kappa shape index (κ1) is 18.1. The molecule has 1 heterocycles. The molecule has 2 aliphatic rings. The number of hydrogen-bond donors (Lipinski definition) is 0. The van der Waals surface area contributed by atoms with Gasteiger partial charge in [-0.1, -0.05) is 18.6 Å². The zero-order valence-corrected chi connectivity index (χ0v) is 15.0. The summed E-state index contributed by atoms with van der Waals surface area (Å²) in [6, 6.07) is 0. The van der Waals surface area contributed by atoms with Crippen molar-refractivity contribution in [2.45, 2.75) is 45.4 Å². The Kier molecular flexibility index (Phi) is 6.70. The predicted octanol–water partition coefficient (Wildman–Crippen LogP) is 3.21. The summed E-state index contributed by atoms with van der Waals surface area (Å²) >= 11 is 0. The molecule has 1 aliphatic carbocycles. The Hall–Kier alpha value is -1.29. The number of piperidine rings is 1. The lowest BCUT2D eigenvalue weighted by Crippen LogP contribution is -2.38. The van der Waals surface area contributed by atoms with E-state index in [9.17, 15) is 4.79 Å². The van der Waals surface area contributed by atoms with Crippen LogP contribution in [0, 0.1) is 5.41 Å². The highest BCUT2D eigenvalue weighted by atomic mass is 16.5. The van der Waals surface area contributed by atoms with E-state index >= 15 is 0 Å². The van der Waals surface area contributed by atoms with Crippen LogP contribution >= 0.6 is 0 Å². The molecule has 0 unspecified atom stereocenters. The van der Waals surface area contributed by atoms with Crippen molar-refractivity contribution in [1.82, 2.24) is 9.80 Å². The van der Waals surface area contributed by atoms with E-state index in [-0.39, 0.29) is 0 Å². The maximum absolute atomic E-state index is 11.5. The molecule has 1 aliphatic heterocycles. The number of rotatable bonds is 7. The lowest BCUT2D eigenvalue weighted by Gasteiger charge is -2.39. The SMILES string of the molecule is COC1=CC=C(CN(C=O)CCC2(C)CCN(C)CC2)CCC1. The Bertz CT molecular complexity index is 448. The molecular formula is C19H32N2O2. The van der Waals surface area contributed by atoms with E-state index in [0.717, 1.165) is 50.9 Å². The molecule has 0 N–H and O–H groups in total. The van der Waals surface area contributed by atoms with Gasteiger partial charge >= 0.3 is 0 Å². The summed E-state index contributed by atoms with van der Waals surface area (Å²) < 4.78 is 5.33. The number of methoxy groups -OCH3 is 1. The fourth-order valence-electron chi connectivity index (χ4n) is 3.42. The Morgan fingerprint density at radius 1 is 1.30 bits per heavy atom. The third-order valence-electron chi connectivity index (χ3n) is 5.44. The van der Waals surface area contributed by atoms with E-state index in [1.807, 2.05) is 4.90 Å². The molecule has 4 heteroatoms. The first-order valence-corrected chi connectivity index (χ1v) is 8.85. The molecule has 0 aromatic carbocycles. The van der Waals surface area contributed by atoms with E-state index in [2.05, 4.69) is 31.0 Å². The van der Waals surface area contributed by atoms with Crippen molar-refractivity contribution in [2.24, 2.45) is 5.41 Å². The minimum absolute atomic E-state index is 0.384. The van der Waals surface area contributed by atoms with Crippen molar-refractivity contribution in [2.75, 3.05) is 40.3 Å². The summed E-state index contributed by atoms with van der Waals surface area (Å²) in [5, 5.41) is 0. The predicted molar refractivity (Wildman–Crippen MR) is 94.1 cm³/mol. The summed E-state index contributed by atoms with van der Waals surface area (Å²) in [4.78, 5) is 15.8. The maximum atomic E-state index is 11.5. The molecule has 23 heavy (non-hydrogen) atoms. The summed E-state index contributed by atoms with van der Waals surface area (Å²) in [5.41, 5.74) is 1.71. The highest BCUT2D eigenvalue weighted by Crippen LogP contribution is 2.34. The van der Waals surface area contributed by atoms with Crippen LogP contribution in [0.4, 0.5) is 0 Å². The molecule has 0 atom stereocenters. The lowest BCUT2D eigenvalue weighted by molar-refractivity contribution is -0.118. The zero-order valence-electron chi connectivity index (χ0n) is 15.0. The third kappa shape index (κ3) is 5.69. The van der Waals surface area contributed by atoms with Gasteiger partial charge in [-0.15, -0.1) is 0 Å². The monoisotopic (exact) mass is 320 g/mol. The number of carbonyl (C=O) groups excluding carboxylic acids is 1. The summed E-state index contributed by atoms with van der Waals surface area (Å²) in [6.07, 6.45) is 11.9. The standard InChI is InChI=1S/C19H32N2O2/c1-19(9-12-20(2)13-10-19)11-14-21(16-22)15-17-5-4-6-18(23-3)8-7-17/h7-8,16H,4-6,9-15H2,1-3H3. The van der Waals surface area contributed by atoms with E-state index in [1.54, 1.807) is 7.11 Å². The highest BCUT2D eigenvalue weighted by Gasteiger charge is 2.29. The van der Waals surface area contributed by atoms with Crippen LogP contribution < -0.4 is 0 Å². The maximum Gasteiger partial charge on any atom is 0.209 e. The van der Waals surface area contributed by atoms with Gasteiger partial charge in [0.2, 0.25) is 6.41 Å². The molecule has 0 aromatic rings. The molecule has 0 aromatic heterocycles. The van der Waals surface area contributed by atoms with Gasteiger partial charge in [0.05, 0.1) is 12.9 Å². The van der Waals surface area contributed by atoms with Gasteiger partial charge in [-0.05, 0) is 63.7 Å².